The van der Waals surface area contributed by atoms with Crippen LogP contribution in [0, 0.1) is 6.92 Å². The van der Waals surface area contributed by atoms with Crippen molar-refractivity contribution in [2.24, 2.45) is 0 Å². The van der Waals surface area contributed by atoms with Gasteiger partial charge in [0.25, 0.3) is 5.91 Å². The number of nitrogens with zero attached hydrogens (tertiary/aromatic N) is 4. The summed E-state index contributed by atoms with van der Waals surface area (Å²) in [6, 6.07) is 19.1. The average Bonchev–Trinajstić information content (AvgIpc) is 2.85. The first-order valence-electron chi connectivity index (χ1n) is 11.5. The number of piperazine rings is 1. The van der Waals surface area contributed by atoms with Crippen LogP contribution in [0.25, 0.3) is 0 Å². The molecular weight excluding hydrogens is 432 g/mol. The Kier molecular flexibility index (Phi) is 8.87. The summed E-state index contributed by atoms with van der Waals surface area (Å²) >= 11 is 6.07. The molecule has 1 aliphatic rings. The smallest absolute Gasteiger partial charge is 0.258 e. The summed E-state index contributed by atoms with van der Waals surface area (Å²) < 4.78 is 0. The van der Waals surface area contributed by atoms with Crippen LogP contribution < -0.4 is 9.80 Å². The van der Waals surface area contributed by atoms with Crippen molar-refractivity contribution >= 4 is 29.0 Å². The lowest BCUT2D eigenvalue weighted by Gasteiger charge is -2.33. The van der Waals surface area contributed by atoms with Crippen LogP contribution >= 0.6 is 11.6 Å². The Morgan fingerprint density at radius 2 is 1.58 bits per heavy atom. The number of aryl methyl sites for hydroxylation is 1. The van der Waals surface area contributed by atoms with Gasteiger partial charge in [0.1, 0.15) is 5.82 Å². The second-order valence-corrected chi connectivity index (χ2v) is 8.49. The Hall–Kier alpha value is -2.89. The van der Waals surface area contributed by atoms with Gasteiger partial charge in [-0.15, -0.1) is 0 Å². The summed E-state index contributed by atoms with van der Waals surface area (Å²) in [4.78, 5) is 24.4. The number of halogens is 1. The van der Waals surface area contributed by atoms with Gasteiger partial charge in [-0.1, -0.05) is 49.2 Å². The fraction of sp³-hybridized carbons (Fsp3) is 0.333. The number of likely N-dealkylation sites (N-methyl/N-ethyl adjacent to an activating group) is 1. The Labute approximate surface area is 202 Å². The summed E-state index contributed by atoms with van der Waals surface area (Å²) in [5.41, 5.74) is 3.56. The van der Waals surface area contributed by atoms with Gasteiger partial charge >= 0.3 is 0 Å². The van der Waals surface area contributed by atoms with Gasteiger partial charge in [-0.25, -0.2) is 4.98 Å². The van der Waals surface area contributed by atoms with Gasteiger partial charge in [-0.05, 0) is 62.0 Å². The third-order valence-corrected chi connectivity index (χ3v) is 5.91. The predicted molar refractivity (Wildman–Crippen MR) is 138 cm³/mol. The number of carbonyl (C=O) groups excluding carboxylic acids is 1. The molecule has 2 heterocycles. The van der Waals surface area contributed by atoms with Crippen molar-refractivity contribution in [2.75, 3.05) is 43.0 Å². The van der Waals surface area contributed by atoms with Gasteiger partial charge in [0, 0.05) is 48.6 Å². The summed E-state index contributed by atoms with van der Waals surface area (Å²) in [5, 5.41) is 0.643. The number of aromatic nitrogens is 1. The van der Waals surface area contributed by atoms with Crippen LogP contribution in [0.3, 0.4) is 0 Å². The first kappa shape index (κ1) is 24.7. The molecule has 0 N–H and O–H groups in total. The molecule has 0 spiro atoms. The molecule has 0 aliphatic carbocycles. The number of anilines is 2. The number of hydrogen-bond donors (Lipinski definition) is 0. The monoisotopic (exact) mass is 464 g/mol. The Morgan fingerprint density at radius 3 is 2.15 bits per heavy atom. The van der Waals surface area contributed by atoms with Crippen molar-refractivity contribution in [3.05, 3.63) is 88.6 Å². The minimum absolute atomic E-state index is 0.0505. The summed E-state index contributed by atoms with van der Waals surface area (Å²) in [5.74, 6) is 0.935. The average molecular weight is 465 g/mol. The molecule has 1 aliphatic heterocycles. The number of amides is 1. The molecule has 0 atom stereocenters. The standard InChI is InChI=1S/C25H27ClN4O.C2H6/c1-19-3-6-21(7-4-19)25(31)30(23-10-8-22(26)9-11-23)18-20-5-12-24(27-17-20)29-15-13-28(2)14-16-29;1-2/h3-12,17H,13-16,18H2,1-2H3;1-2H3. The molecule has 1 fully saturated rings. The van der Waals surface area contributed by atoms with E-state index < -0.39 is 0 Å². The second-order valence-electron chi connectivity index (χ2n) is 8.05. The van der Waals surface area contributed by atoms with Crippen LogP contribution in [0.1, 0.15) is 35.3 Å². The van der Waals surface area contributed by atoms with Crippen LogP contribution in [0.15, 0.2) is 66.9 Å². The van der Waals surface area contributed by atoms with E-state index in [1.54, 1.807) is 17.0 Å². The van der Waals surface area contributed by atoms with E-state index in [0.717, 1.165) is 48.8 Å². The van der Waals surface area contributed by atoms with Gasteiger partial charge in [0.15, 0.2) is 0 Å². The zero-order chi connectivity index (χ0) is 23.8. The quantitative estimate of drug-likeness (QED) is 0.487. The van der Waals surface area contributed by atoms with Crippen LogP contribution in [0.5, 0.6) is 0 Å². The fourth-order valence-corrected chi connectivity index (χ4v) is 3.79. The molecule has 0 radical (unpaired) electrons. The van der Waals surface area contributed by atoms with Crippen LogP contribution in [0.2, 0.25) is 5.02 Å². The molecule has 6 heteroatoms. The molecule has 5 nitrogen and oxygen atoms in total. The van der Waals surface area contributed by atoms with Gasteiger partial charge in [0.2, 0.25) is 0 Å². The number of pyridine rings is 1. The number of carbonyl (C=O) groups is 1. The fourth-order valence-electron chi connectivity index (χ4n) is 3.67. The third kappa shape index (κ3) is 6.56. The normalized spacial score (nSPS) is 13.8. The van der Waals surface area contributed by atoms with Crippen molar-refractivity contribution in [3.8, 4) is 0 Å². The van der Waals surface area contributed by atoms with E-state index in [-0.39, 0.29) is 5.91 Å². The summed E-state index contributed by atoms with van der Waals surface area (Å²) in [6.45, 7) is 10.5. The topological polar surface area (TPSA) is 39.7 Å². The molecule has 1 saturated heterocycles. The SMILES string of the molecule is CC.Cc1ccc(C(=O)N(Cc2ccc(N3CCN(C)CC3)nc2)c2ccc(Cl)cc2)cc1. The minimum Gasteiger partial charge on any atom is -0.354 e. The van der Waals surface area contributed by atoms with Gasteiger partial charge in [-0.3, -0.25) is 4.79 Å². The predicted octanol–water partition coefficient (Wildman–Crippen LogP) is 5.67. The van der Waals surface area contributed by atoms with E-state index in [1.807, 2.05) is 63.4 Å². The molecule has 1 amide bonds. The van der Waals surface area contributed by atoms with Crippen molar-refractivity contribution in [1.29, 1.82) is 0 Å². The van der Waals surface area contributed by atoms with Crippen molar-refractivity contribution < 1.29 is 4.79 Å². The van der Waals surface area contributed by atoms with Crippen LogP contribution in [0.4, 0.5) is 11.5 Å². The highest BCUT2D eigenvalue weighted by atomic mass is 35.5. The Bertz CT molecular complexity index is 1010. The first-order chi connectivity index (χ1) is 16.0. The Morgan fingerprint density at radius 1 is 0.939 bits per heavy atom. The highest BCUT2D eigenvalue weighted by Gasteiger charge is 2.19. The van der Waals surface area contributed by atoms with E-state index in [2.05, 4.69) is 34.0 Å². The van der Waals surface area contributed by atoms with Crippen molar-refractivity contribution in [3.63, 3.8) is 0 Å². The zero-order valence-corrected chi connectivity index (χ0v) is 20.7. The molecule has 33 heavy (non-hydrogen) atoms. The van der Waals surface area contributed by atoms with Crippen molar-refractivity contribution in [2.45, 2.75) is 27.3 Å². The van der Waals surface area contributed by atoms with Gasteiger partial charge < -0.3 is 14.7 Å². The van der Waals surface area contributed by atoms with E-state index in [0.29, 0.717) is 17.1 Å². The van der Waals surface area contributed by atoms with E-state index >= 15 is 0 Å². The lowest BCUT2D eigenvalue weighted by Crippen LogP contribution is -2.44. The summed E-state index contributed by atoms with van der Waals surface area (Å²) in [6.07, 6.45) is 1.87. The van der Waals surface area contributed by atoms with E-state index in [4.69, 9.17) is 11.6 Å². The second kappa shape index (κ2) is 11.8. The Balaban J connectivity index is 0.00000149. The number of hydrogen-bond acceptors (Lipinski definition) is 4. The molecule has 0 bridgehead atoms. The maximum absolute atomic E-state index is 13.4. The highest BCUT2D eigenvalue weighted by molar-refractivity contribution is 6.30. The third-order valence-electron chi connectivity index (χ3n) is 5.66. The molecule has 4 rings (SSSR count). The molecule has 2 aromatic carbocycles. The molecule has 3 aromatic rings. The number of benzene rings is 2. The number of rotatable bonds is 5. The first-order valence-corrected chi connectivity index (χ1v) is 11.9. The maximum atomic E-state index is 13.4. The highest BCUT2D eigenvalue weighted by Crippen LogP contribution is 2.23. The molecule has 174 valence electrons. The van der Waals surface area contributed by atoms with Crippen LogP contribution in [-0.4, -0.2) is 49.0 Å². The zero-order valence-electron chi connectivity index (χ0n) is 20.0. The maximum Gasteiger partial charge on any atom is 0.258 e. The molecule has 0 unspecified atom stereocenters. The van der Waals surface area contributed by atoms with E-state index in [1.165, 1.54) is 0 Å². The lowest BCUT2D eigenvalue weighted by molar-refractivity contribution is 0.0985. The molecular formula is C27H33ClN4O. The van der Waals surface area contributed by atoms with Gasteiger partial charge in [0.05, 0.1) is 6.54 Å². The van der Waals surface area contributed by atoms with Crippen LogP contribution in [-0.2, 0) is 6.54 Å². The lowest BCUT2D eigenvalue weighted by atomic mass is 10.1. The summed E-state index contributed by atoms with van der Waals surface area (Å²) in [7, 11) is 2.14. The van der Waals surface area contributed by atoms with Crippen molar-refractivity contribution in [1.82, 2.24) is 9.88 Å². The minimum atomic E-state index is -0.0505. The largest absolute Gasteiger partial charge is 0.354 e. The molecule has 1 aromatic heterocycles. The van der Waals surface area contributed by atoms with E-state index in [9.17, 15) is 4.79 Å². The molecule has 0 saturated carbocycles. The van der Waals surface area contributed by atoms with Gasteiger partial charge in [-0.2, -0.15) is 0 Å².